The van der Waals surface area contributed by atoms with Crippen LogP contribution in [-0.2, 0) is 47.6 Å². The van der Waals surface area contributed by atoms with E-state index in [0.29, 0.717) is 18.4 Å². The van der Waals surface area contributed by atoms with E-state index >= 15 is 4.39 Å². The highest BCUT2D eigenvalue weighted by Crippen LogP contribution is 2.70. The molecule has 7 aliphatic rings. The lowest BCUT2D eigenvalue weighted by atomic mass is 9.45. The number of allylic oxidation sites excluding steroid dienone is 4. The first kappa shape index (κ1) is 67.5. The molecule has 8 N–H and O–H groups in total. The number of hydrogen-bond donors (Lipinski definition) is 8. The number of nitrogens with one attached hydrogen (secondary N) is 1. The topological polar surface area (TPSA) is 284 Å². The number of aliphatic hydroxyl groups is 7. The summed E-state index contributed by atoms with van der Waals surface area (Å²) in [6.07, 6.45) is -6.94. The minimum Gasteiger partial charge on any atom is -0.459 e. The molecule has 5 fully saturated rings. The summed E-state index contributed by atoms with van der Waals surface area (Å²) in [6, 6.07) is -1.56. The Labute approximate surface area is 491 Å². The molecule has 0 aromatic heterocycles. The largest absolute Gasteiger partial charge is 0.459 e. The first-order valence-corrected chi connectivity index (χ1v) is 30.5. The van der Waals surface area contributed by atoms with Gasteiger partial charge in [0.1, 0.15) is 30.0 Å². The van der Waals surface area contributed by atoms with Crippen LogP contribution in [0.5, 0.6) is 0 Å². The molecule has 3 saturated heterocycles. The van der Waals surface area contributed by atoms with E-state index in [0.717, 1.165) is 0 Å². The Morgan fingerprint density at radius 3 is 2.19 bits per heavy atom. The van der Waals surface area contributed by atoms with Crippen molar-refractivity contribution in [3.8, 4) is 0 Å². The van der Waals surface area contributed by atoms with Gasteiger partial charge in [0.25, 0.3) is 5.91 Å². The van der Waals surface area contributed by atoms with E-state index in [1.54, 1.807) is 89.3 Å². The van der Waals surface area contributed by atoms with E-state index < -0.39 is 166 Å². The SMILES string of the molecule is CC[C@H]1OC(=O)[C@H](C)[C@@H](O[C@H]2C[C@@](C)(OC)[C@@H](O)[C@H](C)O2)[C@H](C)[C@@H](O[C@@H]2O[C@H](C)C[C@H](N(C)C(C)=O)[C@H]2O)[C@](C)(O)C[C@@H](C)CN(CCCNC(=O)[C@@]2(O)[C@H](C)CC3C4CC=C5CC(=O)C=C[C@]5(C)[C@@]4(F)[C@@H](O)C[C@@]32C)[C@H](C)[C@@H](O)[C@]1(C)O. The molecule has 2 unspecified atom stereocenters. The second-order valence-electron chi connectivity index (χ2n) is 27.7. The van der Waals surface area contributed by atoms with Crippen molar-refractivity contribution in [2.24, 2.45) is 46.3 Å². The molecule has 0 bridgehead atoms. The van der Waals surface area contributed by atoms with Crippen LogP contribution in [0.1, 0.15) is 155 Å². The van der Waals surface area contributed by atoms with Crippen molar-refractivity contribution in [2.45, 2.75) is 262 Å². The van der Waals surface area contributed by atoms with Crippen molar-refractivity contribution in [1.29, 1.82) is 0 Å². The zero-order chi connectivity index (χ0) is 62.1. The highest BCUT2D eigenvalue weighted by molar-refractivity contribution is 5.93. The fourth-order valence-corrected chi connectivity index (χ4v) is 16.6. The summed E-state index contributed by atoms with van der Waals surface area (Å²) in [5.74, 6) is -6.25. The fourth-order valence-electron chi connectivity index (χ4n) is 16.6. The molecular weight excluding hydrogens is 1080 g/mol. The van der Waals surface area contributed by atoms with Crippen molar-refractivity contribution in [2.75, 3.05) is 33.8 Å². The number of alkyl halides is 1. The number of ketones is 1. The number of carbonyl (C=O) groups is 4. The molecule has 3 aliphatic heterocycles. The Balaban J connectivity index is 1.17. The molecule has 0 aromatic rings. The van der Waals surface area contributed by atoms with E-state index in [1.807, 2.05) is 17.9 Å². The molecule has 4 aliphatic carbocycles. The summed E-state index contributed by atoms with van der Waals surface area (Å²) in [5, 5.41) is 88.6. The van der Waals surface area contributed by atoms with E-state index in [9.17, 15) is 54.9 Å². The maximum absolute atomic E-state index is 17.9. The lowest BCUT2D eigenvalue weighted by Gasteiger charge is -2.61. The first-order valence-electron chi connectivity index (χ1n) is 30.5. The number of fused-ring (bicyclic) bond motifs is 5. The van der Waals surface area contributed by atoms with Gasteiger partial charge in [-0.2, -0.15) is 0 Å². The standard InChI is InChI=1S/C62H102FN3O17/c1-17-46-60(14,76)50(71)37(7)66(24-18-23-64-55(74)62(77)33(3)25-43-42-20-19-40-27-41(68)21-22-56(40,10)61(42,63)45(69)29-57(43,62)11)31-32(2)28-58(12,75)52(83-54-48(70)44(26-34(4)79-54)65(15)39(9)67)35(5)49(36(6)53(73)81-46)82-47-30-59(13,78-16)51(72)38(8)80-47/h19,21-22,32-38,42-52,54,69-72,75-77H,17-18,20,23-31H2,1-16H3,(H,64,74)/t32-,33-,34-,35+,36-,37-,38+,42?,43?,44+,45+,46-,47+,48-,49+,50-,51+,52-,54+,56+,57+,58-,59-,60-,61+,62+/m1/s1. The summed E-state index contributed by atoms with van der Waals surface area (Å²) >= 11 is 0. The number of aliphatic hydroxyl groups excluding tert-OH is 4. The number of nitrogens with zero attached hydrogens (tertiary/aromatic N) is 2. The third-order valence-electron chi connectivity index (χ3n) is 21.8. The summed E-state index contributed by atoms with van der Waals surface area (Å²) in [5.41, 5.74) is -10.9. The van der Waals surface area contributed by atoms with Gasteiger partial charge in [0.2, 0.25) is 5.91 Å². The van der Waals surface area contributed by atoms with Crippen LogP contribution in [-0.4, -0.2) is 211 Å². The minimum absolute atomic E-state index is 0.0139. The smallest absolute Gasteiger partial charge is 0.311 e. The van der Waals surface area contributed by atoms with E-state index in [1.165, 1.54) is 31.9 Å². The molecule has 26 atom stereocenters. The van der Waals surface area contributed by atoms with Gasteiger partial charge in [-0.05, 0) is 124 Å². The van der Waals surface area contributed by atoms with Crippen molar-refractivity contribution < 1.29 is 87.7 Å². The summed E-state index contributed by atoms with van der Waals surface area (Å²) in [4.78, 5) is 57.9. The number of methoxy groups -OCH3 is 1. The third kappa shape index (κ3) is 12.1. The maximum atomic E-state index is 17.9. The monoisotopic (exact) mass is 1180 g/mol. The Morgan fingerprint density at radius 2 is 1.57 bits per heavy atom. The summed E-state index contributed by atoms with van der Waals surface area (Å²) in [6.45, 7) is 24.0. The van der Waals surface area contributed by atoms with Crippen molar-refractivity contribution in [1.82, 2.24) is 15.1 Å². The molecule has 2 saturated carbocycles. The lowest BCUT2D eigenvalue weighted by molar-refractivity contribution is -0.317. The molecular formula is C62H102FN3O17. The first-order chi connectivity index (χ1) is 38.4. The van der Waals surface area contributed by atoms with Crippen LogP contribution in [0.4, 0.5) is 4.39 Å². The molecule has 2 amide bonds. The molecule has 83 heavy (non-hydrogen) atoms. The van der Waals surface area contributed by atoms with Crippen molar-refractivity contribution in [3.63, 3.8) is 0 Å². The van der Waals surface area contributed by atoms with Gasteiger partial charge in [-0.15, -0.1) is 0 Å². The number of cyclic esters (lactones) is 1. The van der Waals surface area contributed by atoms with Crippen LogP contribution in [0.25, 0.3) is 0 Å². The predicted octanol–water partition coefficient (Wildman–Crippen LogP) is 4.04. The minimum atomic E-state index is -2.14. The van der Waals surface area contributed by atoms with Gasteiger partial charge in [-0.3, -0.25) is 24.1 Å². The summed E-state index contributed by atoms with van der Waals surface area (Å²) < 4.78 is 56.1. The quantitative estimate of drug-likeness (QED) is 0.0778. The molecule has 0 aromatic carbocycles. The molecule has 0 radical (unpaired) electrons. The van der Waals surface area contributed by atoms with Crippen LogP contribution in [0.2, 0.25) is 0 Å². The number of esters is 1. The molecule has 3 heterocycles. The third-order valence-corrected chi connectivity index (χ3v) is 21.8. The van der Waals surface area contributed by atoms with Gasteiger partial charge in [0.05, 0.1) is 53.7 Å². The normalized spacial score (nSPS) is 49.3. The van der Waals surface area contributed by atoms with Crippen LogP contribution < -0.4 is 5.32 Å². The number of ether oxygens (including phenoxy) is 6. The second kappa shape index (κ2) is 24.9. The average Bonchev–Trinajstić information content (AvgIpc) is 1.69. The van der Waals surface area contributed by atoms with Gasteiger partial charge in [-0.1, -0.05) is 52.3 Å². The van der Waals surface area contributed by atoms with Gasteiger partial charge < -0.3 is 74.4 Å². The number of likely N-dealkylation sites (N-methyl/N-ethyl adjacent to an activating group) is 1. The van der Waals surface area contributed by atoms with Gasteiger partial charge in [0, 0.05) is 82.3 Å². The fraction of sp³-hybridized carbons (Fsp3) is 0.871. The molecule has 21 heteroatoms. The highest BCUT2D eigenvalue weighted by Gasteiger charge is 2.75. The van der Waals surface area contributed by atoms with E-state index in [-0.39, 0.29) is 76.3 Å². The zero-order valence-electron chi connectivity index (χ0n) is 52.2. The molecule has 7 rings (SSSR count). The highest BCUT2D eigenvalue weighted by atomic mass is 19.1. The predicted molar refractivity (Wildman–Crippen MR) is 303 cm³/mol. The Hall–Kier alpha value is -3.03. The Kier molecular flexibility index (Phi) is 20.2. The van der Waals surface area contributed by atoms with Crippen LogP contribution in [0.3, 0.4) is 0 Å². The number of halogens is 1. The van der Waals surface area contributed by atoms with Gasteiger partial charge in [-0.25, -0.2) is 4.39 Å². The number of amides is 2. The average molecular weight is 1180 g/mol. The van der Waals surface area contributed by atoms with E-state index in [4.69, 9.17) is 28.4 Å². The van der Waals surface area contributed by atoms with Gasteiger partial charge >= 0.3 is 5.97 Å². The molecule has 0 spiro atoms. The zero-order valence-corrected chi connectivity index (χ0v) is 52.2. The van der Waals surface area contributed by atoms with Crippen molar-refractivity contribution >= 4 is 23.6 Å². The van der Waals surface area contributed by atoms with Crippen LogP contribution in [0.15, 0.2) is 23.8 Å². The Morgan fingerprint density at radius 1 is 0.904 bits per heavy atom. The molecule has 474 valence electrons. The maximum Gasteiger partial charge on any atom is 0.311 e. The molecule has 20 nitrogen and oxygen atoms in total. The van der Waals surface area contributed by atoms with Crippen LogP contribution >= 0.6 is 0 Å². The Bertz CT molecular complexity index is 2410. The van der Waals surface area contributed by atoms with Crippen LogP contribution in [0, 0.1) is 46.3 Å². The summed E-state index contributed by atoms with van der Waals surface area (Å²) in [7, 11) is 3.05. The number of carbonyl (C=O) groups excluding carboxylic acids is 4. The number of rotatable bonds is 12. The van der Waals surface area contributed by atoms with Crippen molar-refractivity contribution in [3.05, 3.63) is 23.8 Å². The van der Waals surface area contributed by atoms with Gasteiger partial charge in [0.15, 0.2) is 29.6 Å². The number of hydrogen-bond acceptors (Lipinski definition) is 18. The van der Waals surface area contributed by atoms with E-state index in [2.05, 4.69) is 5.32 Å². The lowest BCUT2D eigenvalue weighted by Crippen LogP contribution is -2.69. The second-order valence-corrected chi connectivity index (χ2v) is 27.7.